The summed E-state index contributed by atoms with van der Waals surface area (Å²) in [5, 5.41) is 3.52. The van der Waals surface area contributed by atoms with Gasteiger partial charge in [-0.2, -0.15) is 36.3 Å². The lowest BCUT2D eigenvalue weighted by Crippen LogP contribution is -2.25. The number of nitrogens with zero attached hydrogens (tertiary/aromatic N) is 2. The second kappa shape index (κ2) is 7.23. The first-order valence-corrected chi connectivity index (χ1v) is 9.20. The summed E-state index contributed by atoms with van der Waals surface area (Å²) in [5.41, 5.74) is -1.72. The molecule has 11 heteroatoms. The molecule has 0 radical (unpaired) electrons. The monoisotopic (exact) mass is 417 g/mol. The Hall–Kier alpha value is -2.95. The van der Waals surface area contributed by atoms with Gasteiger partial charge in [0.1, 0.15) is 5.69 Å². The fourth-order valence-corrected chi connectivity index (χ4v) is 3.37. The van der Waals surface area contributed by atoms with Gasteiger partial charge in [0.05, 0.1) is 16.2 Å². The van der Waals surface area contributed by atoms with Gasteiger partial charge >= 0.3 is 6.18 Å². The van der Waals surface area contributed by atoms with Crippen molar-refractivity contribution in [2.45, 2.75) is 17.5 Å². The van der Waals surface area contributed by atoms with Crippen LogP contribution in [0.4, 0.5) is 22.0 Å². The van der Waals surface area contributed by atoms with Crippen LogP contribution in [-0.4, -0.2) is 18.3 Å². The minimum absolute atomic E-state index is 0.0724. The molecule has 1 heterocycles. The lowest BCUT2D eigenvalue weighted by molar-refractivity contribution is -0.137. The molecule has 0 amide bonds. The number of hydrogen-bond donors (Lipinski definition) is 1. The van der Waals surface area contributed by atoms with E-state index in [0.717, 1.165) is 30.3 Å². The molecular weight excluding hydrogens is 405 g/mol. The highest BCUT2D eigenvalue weighted by Crippen LogP contribution is 2.32. The molecule has 0 saturated carbocycles. The SMILES string of the molecule is O=S(=O)(Nn1nc(C(F)F)cc1-c1ccc(C(F)(F)F)cc1)c1ccccc1. The maximum absolute atomic E-state index is 13.1. The zero-order valence-corrected chi connectivity index (χ0v) is 14.7. The molecule has 0 spiro atoms. The minimum Gasteiger partial charge on any atom is -0.203 e. The van der Waals surface area contributed by atoms with Crippen molar-refractivity contribution in [2.24, 2.45) is 0 Å². The van der Waals surface area contributed by atoms with Crippen LogP contribution in [0.1, 0.15) is 17.7 Å². The molecule has 0 aliphatic rings. The van der Waals surface area contributed by atoms with Gasteiger partial charge in [0.25, 0.3) is 16.4 Å². The second-order valence-corrected chi connectivity index (χ2v) is 7.31. The van der Waals surface area contributed by atoms with E-state index in [1.807, 2.05) is 4.83 Å². The van der Waals surface area contributed by atoms with Crippen LogP contribution in [-0.2, 0) is 16.2 Å². The van der Waals surface area contributed by atoms with Gasteiger partial charge in [-0.15, -0.1) is 0 Å². The molecule has 0 unspecified atom stereocenters. The van der Waals surface area contributed by atoms with Crippen molar-refractivity contribution in [2.75, 3.05) is 4.83 Å². The number of sulfonamides is 1. The molecule has 5 nitrogen and oxygen atoms in total. The number of hydrogen-bond acceptors (Lipinski definition) is 3. The summed E-state index contributed by atoms with van der Waals surface area (Å²) in [6.45, 7) is 0. The van der Waals surface area contributed by atoms with Gasteiger partial charge in [-0.25, -0.2) is 8.78 Å². The minimum atomic E-state index is -4.57. The van der Waals surface area contributed by atoms with E-state index in [9.17, 15) is 30.4 Å². The molecule has 3 aromatic rings. The molecule has 0 bridgehead atoms. The Morgan fingerprint density at radius 1 is 0.964 bits per heavy atom. The Balaban J connectivity index is 2.03. The largest absolute Gasteiger partial charge is 0.416 e. The summed E-state index contributed by atoms with van der Waals surface area (Å²) in [7, 11) is -4.16. The number of alkyl halides is 5. The van der Waals surface area contributed by atoms with Crippen molar-refractivity contribution in [3.8, 4) is 11.3 Å². The van der Waals surface area contributed by atoms with Crippen molar-refractivity contribution in [1.29, 1.82) is 0 Å². The van der Waals surface area contributed by atoms with E-state index in [2.05, 4.69) is 5.10 Å². The molecule has 2 aromatic carbocycles. The average Bonchev–Trinajstić information content (AvgIpc) is 3.05. The van der Waals surface area contributed by atoms with Crippen molar-refractivity contribution in [3.05, 3.63) is 71.9 Å². The third kappa shape index (κ3) is 4.14. The zero-order chi connectivity index (χ0) is 20.5. The molecule has 28 heavy (non-hydrogen) atoms. The lowest BCUT2D eigenvalue weighted by Gasteiger charge is -2.12. The third-order valence-corrected chi connectivity index (χ3v) is 5.03. The number of nitrogens with one attached hydrogen (secondary N) is 1. The molecule has 0 fully saturated rings. The molecule has 148 valence electrons. The summed E-state index contributed by atoms with van der Waals surface area (Å²) < 4.78 is 89.1. The predicted molar refractivity (Wildman–Crippen MR) is 90.6 cm³/mol. The third-order valence-electron chi connectivity index (χ3n) is 3.72. The Morgan fingerprint density at radius 3 is 2.11 bits per heavy atom. The normalized spacial score (nSPS) is 12.4. The highest BCUT2D eigenvalue weighted by molar-refractivity contribution is 7.92. The Labute approximate surface area is 156 Å². The van der Waals surface area contributed by atoms with E-state index in [1.165, 1.54) is 24.3 Å². The quantitative estimate of drug-likeness (QED) is 0.625. The average molecular weight is 417 g/mol. The van der Waals surface area contributed by atoms with Crippen molar-refractivity contribution in [1.82, 2.24) is 9.89 Å². The fourth-order valence-electron chi connectivity index (χ4n) is 2.38. The maximum atomic E-state index is 13.1. The van der Waals surface area contributed by atoms with Gasteiger partial charge in [0.15, 0.2) is 0 Å². The van der Waals surface area contributed by atoms with Gasteiger partial charge in [0.2, 0.25) is 0 Å². The van der Waals surface area contributed by atoms with Crippen LogP contribution < -0.4 is 4.83 Å². The smallest absolute Gasteiger partial charge is 0.203 e. The molecule has 0 aliphatic carbocycles. The van der Waals surface area contributed by atoms with Gasteiger partial charge < -0.3 is 0 Å². The first-order valence-electron chi connectivity index (χ1n) is 7.71. The van der Waals surface area contributed by atoms with Crippen LogP contribution in [0.5, 0.6) is 0 Å². The fraction of sp³-hybridized carbons (Fsp3) is 0.118. The second-order valence-electron chi connectivity index (χ2n) is 5.65. The summed E-state index contributed by atoms with van der Waals surface area (Å²) in [4.78, 5) is 2.51. The maximum Gasteiger partial charge on any atom is 0.416 e. The Morgan fingerprint density at radius 2 is 1.57 bits per heavy atom. The van der Waals surface area contributed by atoms with E-state index < -0.39 is 33.9 Å². The van der Waals surface area contributed by atoms with E-state index in [-0.39, 0.29) is 16.2 Å². The lowest BCUT2D eigenvalue weighted by atomic mass is 10.1. The van der Waals surface area contributed by atoms with Crippen molar-refractivity contribution < 1.29 is 30.4 Å². The number of benzene rings is 2. The van der Waals surface area contributed by atoms with Crippen LogP contribution >= 0.6 is 0 Å². The molecule has 1 aromatic heterocycles. The van der Waals surface area contributed by atoms with Gasteiger partial charge in [0, 0.05) is 5.56 Å². The van der Waals surface area contributed by atoms with Gasteiger partial charge in [-0.3, -0.25) is 0 Å². The molecule has 0 aliphatic heterocycles. The van der Waals surface area contributed by atoms with Crippen molar-refractivity contribution >= 4 is 10.0 Å². The Kier molecular flexibility index (Phi) is 5.11. The van der Waals surface area contributed by atoms with E-state index in [4.69, 9.17) is 0 Å². The summed E-state index contributed by atoms with van der Waals surface area (Å²) in [6.07, 6.45) is -7.57. The molecule has 3 rings (SSSR count). The van der Waals surface area contributed by atoms with Crippen molar-refractivity contribution in [3.63, 3.8) is 0 Å². The van der Waals surface area contributed by atoms with Crippen LogP contribution in [0.15, 0.2) is 65.6 Å². The molecule has 0 saturated heterocycles. The number of aromatic nitrogens is 2. The Bertz CT molecular complexity index is 1060. The summed E-state index contributed by atoms with van der Waals surface area (Å²) >= 11 is 0. The predicted octanol–water partition coefficient (Wildman–Crippen LogP) is 4.44. The number of rotatable bonds is 5. The molecule has 1 N–H and O–H groups in total. The van der Waals surface area contributed by atoms with Crippen LogP contribution in [0.2, 0.25) is 0 Å². The van der Waals surface area contributed by atoms with Crippen LogP contribution in [0, 0.1) is 0 Å². The highest BCUT2D eigenvalue weighted by atomic mass is 32.2. The highest BCUT2D eigenvalue weighted by Gasteiger charge is 2.30. The summed E-state index contributed by atoms with van der Waals surface area (Å²) in [5.74, 6) is 0. The van der Waals surface area contributed by atoms with Crippen LogP contribution in [0.3, 0.4) is 0 Å². The number of halogens is 5. The van der Waals surface area contributed by atoms with E-state index in [0.29, 0.717) is 4.79 Å². The topological polar surface area (TPSA) is 64.0 Å². The van der Waals surface area contributed by atoms with Gasteiger partial charge in [-0.1, -0.05) is 30.3 Å². The van der Waals surface area contributed by atoms with E-state index in [1.54, 1.807) is 6.07 Å². The first kappa shape index (κ1) is 19.8. The zero-order valence-electron chi connectivity index (χ0n) is 13.9. The van der Waals surface area contributed by atoms with Gasteiger partial charge in [-0.05, 0) is 30.3 Å². The first-order chi connectivity index (χ1) is 13.1. The van der Waals surface area contributed by atoms with E-state index >= 15 is 0 Å². The van der Waals surface area contributed by atoms with Crippen LogP contribution in [0.25, 0.3) is 11.3 Å². The molecule has 0 atom stereocenters. The molecular formula is C17H12F5N3O2S. The summed E-state index contributed by atoms with van der Waals surface area (Å²) in [6, 6.07) is 11.6. The standard InChI is InChI=1S/C17H12F5N3O2S/c18-16(19)14-10-15(11-6-8-12(9-7-11)17(20,21)22)25(23-14)24-28(26,27)13-4-2-1-3-5-13/h1-10,16,24H.